The lowest BCUT2D eigenvalue weighted by molar-refractivity contribution is -0.156. The normalized spacial score (nSPS) is 9.99. The lowest BCUT2D eigenvalue weighted by atomic mass is 9.93. The van der Waals surface area contributed by atoms with Crippen LogP contribution in [0.25, 0.3) is 0 Å². The molecule has 786 valence electrons. The van der Waals surface area contributed by atoms with Gasteiger partial charge in [0.2, 0.25) is 0 Å². The Bertz CT molecular complexity index is 3250. The van der Waals surface area contributed by atoms with E-state index in [0.29, 0.717) is 5.41 Å². The van der Waals surface area contributed by atoms with Crippen molar-refractivity contribution in [3.63, 3.8) is 0 Å². The molecule has 6 aromatic rings. The van der Waals surface area contributed by atoms with Gasteiger partial charge in [0.15, 0.2) is 0 Å². The second-order valence-corrected chi connectivity index (χ2v) is 38.2. The van der Waals surface area contributed by atoms with E-state index in [-0.39, 0.29) is 49.8 Å². The Hall–Kier alpha value is -6.96. The molecule has 0 fully saturated rings. The molecule has 0 atom stereocenters. The maximum atomic E-state index is 11.5. The van der Waals surface area contributed by atoms with E-state index >= 15 is 0 Å². The molecule has 0 spiro atoms. The van der Waals surface area contributed by atoms with Crippen molar-refractivity contribution in [1.82, 2.24) is 9.80 Å². The number of hydrogen-bond donors (Lipinski definition) is 0. The third kappa shape index (κ3) is 106. The van der Waals surface area contributed by atoms with Gasteiger partial charge in [-0.2, -0.15) is 0 Å². The molecule has 12 heteroatoms. The zero-order valence-electron chi connectivity index (χ0n) is 98.1. The van der Waals surface area contributed by atoms with Crippen LogP contribution in [0.3, 0.4) is 0 Å². The van der Waals surface area contributed by atoms with E-state index in [2.05, 4.69) is 380 Å². The maximum Gasteiger partial charge on any atom is 0.306 e. The van der Waals surface area contributed by atoms with Crippen molar-refractivity contribution in [3.8, 4) is 0 Å². The second-order valence-electron chi connectivity index (χ2n) is 38.2. The predicted molar refractivity (Wildman–Crippen MR) is 601 cm³/mol. The Morgan fingerprint density at radius 1 is 0.311 bits per heavy atom. The van der Waals surface area contributed by atoms with E-state index in [1.165, 1.54) is 170 Å². The molecule has 0 heterocycles. The van der Waals surface area contributed by atoms with Crippen LogP contribution >= 0.6 is 0 Å². The minimum atomic E-state index is -0.398. The molecule has 6 aromatic carbocycles. The third-order valence-corrected chi connectivity index (χ3v) is 20.6. The summed E-state index contributed by atoms with van der Waals surface area (Å²) in [6.07, 6.45) is 21.6. The number of aryl methyl sites for hydroxylation is 18. The van der Waals surface area contributed by atoms with Gasteiger partial charge >= 0.3 is 23.9 Å². The lowest BCUT2D eigenvalue weighted by Crippen LogP contribution is -2.21. The molecule has 135 heavy (non-hydrogen) atoms. The Kier molecular flexibility index (Phi) is 111. The standard InChI is InChI=1S/C14H26O4.C14H22.C12H18.2C10H14.C9H12.C8H10.2C7H16.C6H15N.C6H10O4.C5H12O2.C5H12.C4H10.C3H9N.C3H8/c1-5-11(6-2)17-13(15)9-10-14(16)18-12(7-3)8-4;1-5-11-9-13(7-3)14(8-4)10-12(11)6-2;1-4-10-7-11(5-2)9-12(6-3)8-10;1-7-5-9(3)10(4)6-8(7)2;1-3-9-5-7-10(4-2)8-6-9;1-7-4-8(2)6-9(3)5-7;1-7-3-5-8(2)6-4-7;1-6(2)5-7(3)4;2*1-4-7(5-2)6-3;1-9-5(7)3-4-6(8)10-2;1-6-4-3-5-7-2;1-5(2,3)4;2*1-4(2)3;1-3-2/h11-12H,5-10H2,1-4H3;9-10H,5-8H2,1-4H3;7-9H,4-6H2,1-3H3;5-6H,1-4H3;5-8H,3-4H2,1-2H3;4-6H,1-3H3;3-6H,1-2H3;6-7H,5H2,1-4H3;7H,4-6H2,1-3H3;4-6H2,1-3H3;3-4H2,1-2H3;3-5H2,1-2H3;1-4H3;4H,1-3H3;1-3H3;3H2,1-2H3. The fourth-order valence-corrected chi connectivity index (χ4v) is 12.4. The predicted octanol–water partition coefficient (Wildman–Crippen LogP) is 34.1. The number of benzene rings is 6. The van der Waals surface area contributed by atoms with Gasteiger partial charge in [0.1, 0.15) is 12.2 Å². The van der Waals surface area contributed by atoms with Gasteiger partial charge in [-0.15, -0.1) is 0 Å². The molecule has 12 nitrogen and oxygen atoms in total. The highest BCUT2D eigenvalue weighted by molar-refractivity contribution is 5.78. The molecular weight excluding hydrogens is 1670 g/mol. The molecule has 0 unspecified atom stereocenters. The zero-order valence-corrected chi connectivity index (χ0v) is 98.1. The summed E-state index contributed by atoms with van der Waals surface area (Å²) >= 11 is 0. The Balaban J connectivity index is -0.000000157. The van der Waals surface area contributed by atoms with Crippen molar-refractivity contribution in [3.05, 3.63) is 209 Å². The lowest BCUT2D eigenvalue weighted by Gasteiger charge is -2.15. The molecule has 0 amide bonds. The van der Waals surface area contributed by atoms with Gasteiger partial charge in [-0.3, -0.25) is 19.2 Å². The van der Waals surface area contributed by atoms with Crippen molar-refractivity contribution in [2.24, 2.45) is 29.1 Å². The van der Waals surface area contributed by atoms with Crippen LogP contribution in [-0.2, 0) is 105 Å². The minimum absolute atomic E-state index is 0.0347. The summed E-state index contributed by atoms with van der Waals surface area (Å²) in [7, 11) is 11.9. The van der Waals surface area contributed by atoms with Crippen molar-refractivity contribution in [1.29, 1.82) is 0 Å². The number of nitrogens with zero attached hydrogens (tertiary/aromatic N) is 2. The van der Waals surface area contributed by atoms with E-state index in [1.54, 1.807) is 36.5 Å². The van der Waals surface area contributed by atoms with Crippen molar-refractivity contribution < 1.29 is 47.6 Å². The van der Waals surface area contributed by atoms with Crippen LogP contribution in [0.2, 0.25) is 0 Å². The van der Waals surface area contributed by atoms with Gasteiger partial charge in [0.05, 0.1) is 39.9 Å². The van der Waals surface area contributed by atoms with Crippen molar-refractivity contribution in [2.75, 3.05) is 82.4 Å². The minimum Gasteiger partial charge on any atom is -0.469 e. The Morgan fingerprint density at radius 3 is 0.681 bits per heavy atom. The van der Waals surface area contributed by atoms with Crippen LogP contribution in [-0.4, -0.2) is 128 Å². The molecule has 0 aliphatic rings. The highest BCUT2D eigenvalue weighted by Crippen LogP contribution is 2.21. The van der Waals surface area contributed by atoms with Crippen LogP contribution in [0.1, 0.15) is 412 Å². The number of methoxy groups -OCH3 is 4. The second kappa shape index (κ2) is 101. The molecule has 0 saturated heterocycles. The number of ether oxygens (including phenoxy) is 6. The SMILES string of the molecule is CC(C)(C)C.CC(C)C.CC(C)CC(C)C.CCC.CCC(CC)CC.CCC(CC)OC(=O)CCC(=O)OC(CC)CC.CCN(CC)CC.CCc1cc(CC)c(CC)cc1CC.CCc1cc(CC)cc(CC)c1.CCc1ccc(CC)cc1.CN(C)C.COC(=O)CCC(=O)OC.COCCCOC.Cc1cc(C)c(C)cc1C.Cc1cc(C)cc(C)c1.Cc1ccc(C)cc1. The summed E-state index contributed by atoms with van der Waals surface area (Å²) in [5.74, 6) is 2.14. The smallest absolute Gasteiger partial charge is 0.306 e. The number of hydrogen-bond acceptors (Lipinski definition) is 12. The first-order chi connectivity index (χ1) is 63.4. The largest absolute Gasteiger partial charge is 0.469 e. The Labute approximate surface area is 840 Å². The maximum absolute atomic E-state index is 11.5. The molecule has 0 aromatic heterocycles. The number of carbonyl (C=O) groups excluding carboxylic acids is 4. The molecule has 0 bridgehead atoms. The van der Waals surface area contributed by atoms with Crippen molar-refractivity contribution >= 4 is 23.9 Å². The van der Waals surface area contributed by atoms with Gasteiger partial charge in [0, 0.05) is 27.4 Å². The van der Waals surface area contributed by atoms with Crippen LogP contribution < -0.4 is 0 Å². The average Bonchev–Trinajstić information content (AvgIpc) is 0.851. The van der Waals surface area contributed by atoms with E-state index < -0.39 is 11.9 Å². The average molecular weight is 1890 g/mol. The number of esters is 4. The molecule has 6 rings (SSSR count). The van der Waals surface area contributed by atoms with Gasteiger partial charge in [-0.1, -0.05) is 384 Å². The van der Waals surface area contributed by atoms with Crippen molar-refractivity contribution in [2.45, 2.75) is 444 Å². The van der Waals surface area contributed by atoms with E-state index in [9.17, 15) is 19.2 Å². The summed E-state index contributed by atoms with van der Waals surface area (Å²) in [6, 6.07) is 40.1. The quantitative estimate of drug-likeness (QED) is 0.0221. The van der Waals surface area contributed by atoms with Crippen LogP contribution in [0, 0.1) is 91.4 Å². The molecule has 0 radical (unpaired) electrons. The van der Waals surface area contributed by atoms with Crippen LogP contribution in [0.15, 0.2) is 109 Å². The molecule has 0 N–H and O–H groups in total. The fourth-order valence-electron chi connectivity index (χ4n) is 12.4. The molecule has 0 saturated carbocycles. The van der Waals surface area contributed by atoms with E-state index in [4.69, 9.17) is 18.9 Å². The topological polar surface area (TPSA) is 130 Å². The summed E-state index contributed by atoms with van der Waals surface area (Å²) < 4.78 is 28.5. The van der Waals surface area contributed by atoms with E-state index in [1.807, 2.05) is 53.7 Å². The molecule has 0 aliphatic heterocycles. The zero-order chi connectivity index (χ0) is 107. The molecule has 0 aliphatic carbocycles. The Morgan fingerprint density at radius 2 is 0.533 bits per heavy atom. The first-order valence-corrected chi connectivity index (χ1v) is 52.7. The fraction of sp³-hybridized carbons (Fsp3) is 0.675. The first-order valence-electron chi connectivity index (χ1n) is 52.7. The molecular formula is C123H224N2O10. The highest BCUT2D eigenvalue weighted by Gasteiger charge is 2.16. The summed E-state index contributed by atoms with van der Waals surface area (Å²) in [5.41, 5.74) is 26.3. The highest BCUT2D eigenvalue weighted by atomic mass is 16.6. The first kappa shape index (κ1) is 148. The summed E-state index contributed by atoms with van der Waals surface area (Å²) in [6.45, 7) is 94.2. The van der Waals surface area contributed by atoms with E-state index in [0.717, 1.165) is 101 Å². The van der Waals surface area contributed by atoms with Gasteiger partial charge < -0.3 is 38.2 Å². The van der Waals surface area contributed by atoms with Crippen LogP contribution in [0.5, 0.6) is 0 Å². The number of rotatable bonds is 33. The van der Waals surface area contributed by atoms with Gasteiger partial charge in [0.25, 0.3) is 0 Å². The monoisotopic (exact) mass is 1890 g/mol. The van der Waals surface area contributed by atoms with Gasteiger partial charge in [-0.05, 0) is 301 Å². The summed E-state index contributed by atoms with van der Waals surface area (Å²) in [5, 5.41) is 0. The van der Waals surface area contributed by atoms with Gasteiger partial charge in [-0.25, -0.2) is 0 Å². The van der Waals surface area contributed by atoms with Crippen LogP contribution in [0.4, 0.5) is 0 Å². The number of carbonyl (C=O) groups is 4. The summed E-state index contributed by atoms with van der Waals surface area (Å²) in [4.78, 5) is 48.1. The third-order valence-electron chi connectivity index (χ3n) is 20.6.